The second kappa shape index (κ2) is 10.6. The third-order valence-electron chi connectivity index (χ3n) is 3.90. The molecule has 0 bridgehead atoms. The van der Waals surface area contributed by atoms with E-state index in [0.717, 1.165) is 41.9 Å². The number of halogens is 2. The van der Waals surface area contributed by atoms with Gasteiger partial charge in [0.1, 0.15) is 5.75 Å². The summed E-state index contributed by atoms with van der Waals surface area (Å²) in [7, 11) is 7.49. The Hall–Kier alpha value is -1.41. The highest BCUT2D eigenvalue weighted by atomic mass is 127. The van der Waals surface area contributed by atoms with Crippen LogP contribution in [-0.2, 0) is 20.0 Å². The summed E-state index contributed by atoms with van der Waals surface area (Å²) in [6, 6.07) is 10.1. The van der Waals surface area contributed by atoms with Crippen molar-refractivity contribution in [2.24, 2.45) is 12.0 Å². The quantitative estimate of drug-likeness (QED) is 0.394. The van der Waals surface area contributed by atoms with Gasteiger partial charge in [0, 0.05) is 39.6 Å². The first-order valence-electron chi connectivity index (χ1n) is 7.89. The van der Waals surface area contributed by atoms with Gasteiger partial charge < -0.3 is 19.5 Å². The number of benzene rings is 1. The number of hydrogen-bond acceptors (Lipinski definition) is 2. The molecule has 0 aliphatic heterocycles. The van der Waals surface area contributed by atoms with Crippen molar-refractivity contribution in [1.82, 2.24) is 14.8 Å². The zero-order chi connectivity index (χ0) is 17.5. The highest BCUT2D eigenvalue weighted by Crippen LogP contribution is 2.14. The lowest BCUT2D eigenvalue weighted by Crippen LogP contribution is -2.39. The third kappa shape index (κ3) is 6.43. The van der Waals surface area contributed by atoms with E-state index in [1.54, 1.807) is 14.2 Å². The minimum atomic E-state index is 0. The van der Waals surface area contributed by atoms with Crippen molar-refractivity contribution in [1.29, 1.82) is 0 Å². The number of ether oxygens (including phenoxy) is 1. The number of hydrogen-bond donors (Lipinski definition) is 1. The number of rotatable bonds is 6. The summed E-state index contributed by atoms with van der Waals surface area (Å²) in [5.41, 5.74) is 2.40. The largest absolute Gasteiger partial charge is 0.497 e. The van der Waals surface area contributed by atoms with Crippen molar-refractivity contribution < 1.29 is 4.74 Å². The van der Waals surface area contributed by atoms with Gasteiger partial charge in [-0.05, 0) is 30.2 Å². The molecule has 0 radical (unpaired) electrons. The second-order valence-electron chi connectivity index (χ2n) is 5.69. The maximum Gasteiger partial charge on any atom is 0.193 e. The van der Waals surface area contributed by atoms with Crippen LogP contribution in [0.4, 0.5) is 0 Å². The van der Waals surface area contributed by atoms with Crippen molar-refractivity contribution in [3.63, 3.8) is 0 Å². The maximum absolute atomic E-state index is 6.04. The fourth-order valence-corrected chi connectivity index (χ4v) is 2.81. The number of aliphatic imine (C=N–C) groups is 1. The van der Waals surface area contributed by atoms with Crippen LogP contribution in [-0.4, -0.2) is 43.2 Å². The number of aryl methyl sites for hydroxylation is 1. The lowest BCUT2D eigenvalue weighted by molar-refractivity contribution is 0.414. The van der Waals surface area contributed by atoms with Crippen LogP contribution in [0.2, 0.25) is 5.02 Å². The molecule has 1 N–H and O–H groups in total. The highest BCUT2D eigenvalue weighted by Gasteiger charge is 2.09. The van der Waals surface area contributed by atoms with Crippen LogP contribution in [0.15, 0.2) is 41.5 Å². The molecule has 0 aliphatic rings. The predicted octanol–water partition coefficient (Wildman–Crippen LogP) is 3.56. The van der Waals surface area contributed by atoms with Gasteiger partial charge in [-0.2, -0.15) is 0 Å². The van der Waals surface area contributed by atoms with Crippen molar-refractivity contribution in [3.05, 3.63) is 52.8 Å². The number of aromatic nitrogens is 1. The Morgan fingerprint density at radius 2 is 2.00 bits per heavy atom. The van der Waals surface area contributed by atoms with E-state index in [4.69, 9.17) is 16.3 Å². The van der Waals surface area contributed by atoms with Gasteiger partial charge in [-0.15, -0.1) is 24.0 Å². The Bertz CT molecular complexity index is 685. The van der Waals surface area contributed by atoms with Crippen LogP contribution in [0.25, 0.3) is 0 Å². The summed E-state index contributed by atoms with van der Waals surface area (Å²) in [6.45, 7) is 1.56. The van der Waals surface area contributed by atoms with E-state index in [0.29, 0.717) is 0 Å². The molecule has 0 atom stereocenters. The van der Waals surface area contributed by atoms with Gasteiger partial charge in [0.25, 0.3) is 0 Å². The van der Waals surface area contributed by atoms with E-state index < -0.39 is 0 Å². The topological polar surface area (TPSA) is 41.8 Å². The van der Waals surface area contributed by atoms with E-state index in [1.165, 1.54) is 5.56 Å². The van der Waals surface area contributed by atoms with Gasteiger partial charge in [-0.1, -0.05) is 23.7 Å². The standard InChI is InChI=1S/C18H25ClN4O.HI/c1-20-18(23(3)13-16-11-15(19)12-22(16)2)21-10-9-14-5-7-17(24-4)8-6-14;/h5-8,11-12H,9-10,13H2,1-4H3,(H,20,21);1H. The molecule has 7 heteroatoms. The third-order valence-corrected chi connectivity index (χ3v) is 4.11. The monoisotopic (exact) mass is 476 g/mol. The Balaban J connectivity index is 0.00000312. The Kier molecular flexibility index (Phi) is 9.13. The summed E-state index contributed by atoms with van der Waals surface area (Å²) in [5.74, 6) is 1.74. The van der Waals surface area contributed by atoms with Crippen molar-refractivity contribution >= 4 is 41.5 Å². The number of nitrogens with one attached hydrogen (secondary N) is 1. The zero-order valence-electron chi connectivity index (χ0n) is 15.1. The molecule has 0 unspecified atom stereocenters. The molecule has 0 fully saturated rings. The summed E-state index contributed by atoms with van der Waals surface area (Å²) in [6.07, 6.45) is 2.83. The van der Waals surface area contributed by atoms with Gasteiger partial charge in [-0.3, -0.25) is 4.99 Å². The van der Waals surface area contributed by atoms with E-state index in [9.17, 15) is 0 Å². The molecule has 0 saturated carbocycles. The molecule has 0 aliphatic carbocycles. The first-order chi connectivity index (χ1) is 11.5. The summed E-state index contributed by atoms with van der Waals surface area (Å²) in [5, 5.41) is 4.15. The van der Waals surface area contributed by atoms with Gasteiger partial charge >= 0.3 is 0 Å². The van der Waals surface area contributed by atoms with Crippen LogP contribution < -0.4 is 10.1 Å². The minimum Gasteiger partial charge on any atom is -0.497 e. The molecule has 5 nitrogen and oxygen atoms in total. The summed E-state index contributed by atoms with van der Waals surface area (Å²) < 4.78 is 7.21. The molecule has 0 amide bonds. The van der Waals surface area contributed by atoms with Crippen molar-refractivity contribution in [2.45, 2.75) is 13.0 Å². The molecular formula is C18H26ClIN4O. The smallest absolute Gasteiger partial charge is 0.193 e. The number of guanidine groups is 1. The van der Waals surface area contributed by atoms with E-state index in [-0.39, 0.29) is 24.0 Å². The van der Waals surface area contributed by atoms with Crippen molar-refractivity contribution in [3.8, 4) is 5.75 Å². The van der Waals surface area contributed by atoms with Gasteiger partial charge in [0.15, 0.2) is 5.96 Å². The lowest BCUT2D eigenvalue weighted by atomic mass is 10.1. The normalized spacial score (nSPS) is 11.0. The molecule has 138 valence electrons. The molecule has 1 heterocycles. The zero-order valence-corrected chi connectivity index (χ0v) is 18.2. The molecule has 0 spiro atoms. The lowest BCUT2D eigenvalue weighted by Gasteiger charge is -2.22. The summed E-state index contributed by atoms with van der Waals surface area (Å²) >= 11 is 6.04. The first-order valence-corrected chi connectivity index (χ1v) is 8.26. The molecular weight excluding hydrogens is 451 g/mol. The minimum absolute atomic E-state index is 0. The van der Waals surface area contributed by atoms with Gasteiger partial charge in [0.2, 0.25) is 0 Å². The van der Waals surface area contributed by atoms with E-state index in [1.807, 2.05) is 43.1 Å². The Labute approximate surface area is 172 Å². The number of methoxy groups -OCH3 is 1. The molecule has 1 aromatic carbocycles. The van der Waals surface area contributed by atoms with Crippen molar-refractivity contribution in [2.75, 3.05) is 27.7 Å². The van der Waals surface area contributed by atoms with Crippen LogP contribution in [0.5, 0.6) is 5.75 Å². The Morgan fingerprint density at radius 3 is 2.52 bits per heavy atom. The van der Waals surface area contributed by atoms with Gasteiger partial charge in [-0.25, -0.2) is 0 Å². The summed E-state index contributed by atoms with van der Waals surface area (Å²) in [4.78, 5) is 6.43. The van der Waals surface area contributed by atoms with Gasteiger partial charge in [0.05, 0.1) is 18.7 Å². The average molecular weight is 477 g/mol. The maximum atomic E-state index is 6.04. The van der Waals surface area contributed by atoms with Crippen LogP contribution in [0.3, 0.4) is 0 Å². The average Bonchev–Trinajstić information content (AvgIpc) is 2.89. The molecule has 2 aromatic rings. The van der Waals surface area contributed by atoms with E-state index in [2.05, 4.69) is 27.3 Å². The Morgan fingerprint density at radius 1 is 1.32 bits per heavy atom. The highest BCUT2D eigenvalue weighted by molar-refractivity contribution is 14.0. The SMILES string of the molecule is CN=C(NCCc1ccc(OC)cc1)N(C)Cc1cc(Cl)cn1C.I. The first kappa shape index (κ1) is 21.6. The molecule has 0 saturated heterocycles. The predicted molar refractivity (Wildman–Crippen MR) is 115 cm³/mol. The van der Waals surface area contributed by atoms with Crippen LogP contribution >= 0.6 is 35.6 Å². The molecule has 1 aromatic heterocycles. The molecule has 2 rings (SSSR count). The fraction of sp³-hybridized carbons (Fsp3) is 0.389. The van der Waals surface area contributed by atoms with Crippen LogP contribution in [0.1, 0.15) is 11.3 Å². The number of nitrogens with zero attached hydrogens (tertiary/aromatic N) is 3. The van der Waals surface area contributed by atoms with Crippen LogP contribution in [0, 0.1) is 0 Å². The van der Waals surface area contributed by atoms with E-state index >= 15 is 0 Å². The molecule has 25 heavy (non-hydrogen) atoms. The fourth-order valence-electron chi connectivity index (χ4n) is 2.54. The second-order valence-corrected chi connectivity index (χ2v) is 6.13.